The standard InChI is InChI=1S/C60H83NSi2/c1-21-47(22-2)31-52-45(19)43(17)29-48-32-55-51(26-28-63(40(11)12,41(13)14)42(15)16)58-35-54-49(30-44(18)46(20)59(54)36-60(61,23-3)24-4)33-56(58)50(57(55)34-53(48)52)25-27-62(37(5)6,38(7)8)39(9)10/h29-30,32-35,38-39,41-42,47H,5,11,21-24,31,36,61H2,1-4,6-10,12-20H3. The summed E-state index contributed by atoms with van der Waals surface area (Å²) in [6.45, 7) is 51.2. The third kappa shape index (κ3) is 8.94. The molecule has 3 heteroatoms. The Kier molecular flexibility index (Phi) is 15.4. The van der Waals surface area contributed by atoms with Gasteiger partial charge in [0.15, 0.2) is 16.1 Å². The van der Waals surface area contributed by atoms with Gasteiger partial charge in [-0.1, -0.05) is 130 Å². The second-order valence-corrected chi connectivity index (χ2v) is 31.4. The van der Waals surface area contributed by atoms with Crippen molar-refractivity contribution in [1.82, 2.24) is 0 Å². The molecule has 0 aliphatic heterocycles. The Morgan fingerprint density at radius 2 is 0.905 bits per heavy atom. The molecular weight excluding hydrogens is 791 g/mol. The van der Waals surface area contributed by atoms with Gasteiger partial charge < -0.3 is 5.73 Å². The SMILES string of the molecule is C=C(C)[Si](C#Cc1c2cc3cc(C)c(C)c(CC(N)(CC)CC)c3cc2c(C#C[Si](C(=C)C)(C(C)C)C(C)C)c2cc3cc(C)c(C)c(CC(CC)CC)c3cc12)(C(C)C)C(C)C. The van der Waals surface area contributed by atoms with Gasteiger partial charge in [0.25, 0.3) is 0 Å². The van der Waals surface area contributed by atoms with Crippen molar-refractivity contribution < 1.29 is 0 Å². The monoisotopic (exact) mass is 874 g/mol. The molecule has 0 radical (unpaired) electrons. The summed E-state index contributed by atoms with van der Waals surface area (Å²) < 4.78 is 0. The normalized spacial score (nSPS) is 12.7. The quantitative estimate of drug-likeness (QED) is 0.0671. The Morgan fingerprint density at radius 3 is 1.24 bits per heavy atom. The zero-order valence-electron chi connectivity index (χ0n) is 43.1. The topological polar surface area (TPSA) is 26.0 Å². The minimum absolute atomic E-state index is 0.282. The fourth-order valence-corrected chi connectivity index (χ4v) is 20.4. The van der Waals surface area contributed by atoms with Crippen LogP contribution in [0.5, 0.6) is 0 Å². The van der Waals surface area contributed by atoms with Crippen molar-refractivity contribution in [2.75, 3.05) is 0 Å². The number of rotatable bonds is 14. The molecular formula is C60H83NSi2. The molecule has 5 aromatic rings. The minimum Gasteiger partial charge on any atom is -0.325 e. The highest BCUT2D eigenvalue weighted by Gasteiger charge is 2.41. The maximum Gasteiger partial charge on any atom is 0.169 e. The first-order valence-electron chi connectivity index (χ1n) is 24.6. The van der Waals surface area contributed by atoms with Gasteiger partial charge in [-0.25, -0.2) is 0 Å². The molecule has 1 nitrogen and oxygen atoms in total. The summed E-state index contributed by atoms with van der Waals surface area (Å²) in [6, 6.07) is 14.8. The van der Waals surface area contributed by atoms with E-state index in [2.05, 4.69) is 197 Å². The van der Waals surface area contributed by atoms with Gasteiger partial charge >= 0.3 is 0 Å². The lowest BCUT2D eigenvalue weighted by Gasteiger charge is -2.35. The summed E-state index contributed by atoms with van der Waals surface area (Å²) in [6.07, 6.45) is 6.12. The van der Waals surface area contributed by atoms with Crippen molar-refractivity contribution in [2.24, 2.45) is 11.7 Å². The Bertz CT molecular complexity index is 2690. The lowest BCUT2D eigenvalue weighted by atomic mass is 9.81. The smallest absolute Gasteiger partial charge is 0.169 e. The molecule has 0 saturated carbocycles. The number of aryl methyl sites for hydroxylation is 2. The van der Waals surface area contributed by atoms with Gasteiger partial charge in [-0.3, -0.25) is 0 Å². The van der Waals surface area contributed by atoms with E-state index in [-0.39, 0.29) is 5.54 Å². The van der Waals surface area contributed by atoms with Crippen LogP contribution >= 0.6 is 0 Å². The van der Waals surface area contributed by atoms with Gasteiger partial charge in [0, 0.05) is 16.7 Å². The van der Waals surface area contributed by atoms with Crippen molar-refractivity contribution in [3.63, 3.8) is 0 Å². The fraction of sp³-hybridized carbons (Fsp3) is 0.500. The van der Waals surface area contributed by atoms with Crippen molar-refractivity contribution in [3.05, 3.63) is 104 Å². The first-order valence-corrected chi connectivity index (χ1v) is 28.9. The van der Waals surface area contributed by atoms with E-state index in [1.807, 2.05) is 0 Å². The van der Waals surface area contributed by atoms with E-state index in [1.54, 1.807) is 0 Å². The van der Waals surface area contributed by atoms with Crippen LogP contribution in [0.3, 0.4) is 0 Å². The maximum absolute atomic E-state index is 7.20. The Morgan fingerprint density at radius 1 is 0.556 bits per heavy atom. The average molecular weight is 875 g/mol. The lowest BCUT2D eigenvalue weighted by molar-refractivity contribution is 0.394. The van der Waals surface area contributed by atoms with Gasteiger partial charge in [0.2, 0.25) is 0 Å². The largest absolute Gasteiger partial charge is 0.325 e. The van der Waals surface area contributed by atoms with E-state index in [4.69, 9.17) is 5.73 Å². The summed E-state index contributed by atoms with van der Waals surface area (Å²) in [5, 5.41) is 12.5. The highest BCUT2D eigenvalue weighted by atomic mass is 28.3. The number of nitrogens with two attached hydrogens (primary N) is 1. The number of allylic oxidation sites excluding steroid dienone is 2. The van der Waals surface area contributed by atoms with E-state index in [0.29, 0.717) is 28.1 Å². The first-order chi connectivity index (χ1) is 29.5. The van der Waals surface area contributed by atoms with Crippen LogP contribution in [0.2, 0.25) is 22.2 Å². The molecule has 5 rings (SSSR count). The van der Waals surface area contributed by atoms with Gasteiger partial charge in [-0.2, -0.15) is 0 Å². The molecule has 5 aromatic carbocycles. The zero-order valence-corrected chi connectivity index (χ0v) is 45.1. The van der Waals surface area contributed by atoms with E-state index in [9.17, 15) is 0 Å². The van der Waals surface area contributed by atoms with Gasteiger partial charge in [0.1, 0.15) is 0 Å². The molecule has 2 N–H and O–H groups in total. The van der Waals surface area contributed by atoms with E-state index in [1.165, 1.54) is 99.7 Å². The molecule has 0 bridgehead atoms. The van der Waals surface area contributed by atoms with Crippen LogP contribution in [0.1, 0.15) is 167 Å². The molecule has 0 aliphatic carbocycles. The summed E-state index contributed by atoms with van der Waals surface area (Å²) in [5.41, 5.74) is 27.4. The van der Waals surface area contributed by atoms with Crippen molar-refractivity contribution in [1.29, 1.82) is 0 Å². The van der Waals surface area contributed by atoms with Crippen molar-refractivity contribution in [3.8, 4) is 22.9 Å². The van der Waals surface area contributed by atoms with Crippen LogP contribution in [0.25, 0.3) is 43.1 Å². The van der Waals surface area contributed by atoms with E-state index >= 15 is 0 Å². The molecule has 336 valence electrons. The lowest BCUT2D eigenvalue weighted by Crippen LogP contribution is -2.41. The third-order valence-corrected chi connectivity index (χ3v) is 27.6. The molecule has 0 unspecified atom stereocenters. The van der Waals surface area contributed by atoms with Crippen LogP contribution in [-0.2, 0) is 12.8 Å². The van der Waals surface area contributed by atoms with E-state index in [0.717, 1.165) is 36.8 Å². The number of fused-ring (bicyclic) bond motifs is 4. The molecule has 0 amide bonds. The second kappa shape index (κ2) is 19.3. The number of hydrogen-bond donors (Lipinski definition) is 1. The fourth-order valence-electron chi connectivity index (χ4n) is 11.6. The van der Waals surface area contributed by atoms with Crippen LogP contribution in [0.15, 0.2) is 59.9 Å². The minimum atomic E-state index is -2.31. The molecule has 0 heterocycles. The van der Waals surface area contributed by atoms with Crippen molar-refractivity contribution in [2.45, 2.75) is 191 Å². The number of hydrogen-bond acceptors (Lipinski definition) is 1. The summed E-state index contributed by atoms with van der Waals surface area (Å²) >= 11 is 0. The summed E-state index contributed by atoms with van der Waals surface area (Å²) in [7, 11) is -4.61. The van der Waals surface area contributed by atoms with Gasteiger partial charge in [0.05, 0.1) is 0 Å². The molecule has 0 spiro atoms. The van der Waals surface area contributed by atoms with Gasteiger partial charge in [-0.15, -0.1) is 24.2 Å². The first kappa shape index (κ1) is 50.1. The molecule has 0 fully saturated rings. The van der Waals surface area contributed by atoms with E-state index < -0.39 is 16.1 Å². The van der Waals surface area contributed by atoms with Crippen molar-refractivity contribution >= 4 is 59.2 Å². The molecule has 0 aromatic heterocycles. The van der Waals surface area contributed by atoms with Crippen LogP contribution < -0.4 is 5.73 Å². The van der Waals surface area contributed by atoms with Crippen LogP contribution in [0, 0.1) is 56.5 Å². The number of benzene rings is 5. The predicted octanol–water partition coefficient (Wildman–Crippen LogP) is 17.1. The van der Waals surface area contributed by atoms with Gasteiger partial charge in [-0.05, 0) is 196 Å². The zero-order chi connectivity index (χ0) is 47.1. The Balaban J connectivity index is 2.20. The summed E-state index contributed by atoms with van der Waals surface area (Å²) in [4.78, 5) is 0. The molecule has 0 atom stereocenters. The maximum atomic E-state index is 7.20. The Hall–Kier alpha value is -3.87. The van der Waals surface area contributed by atoms with Crippen LogP contribution in [-0.4, -0.2) is 21.7 Å². The Labute approximate surface area is 387 Å². The third-order valence-electron chi connectivity index (χ3n) is 16.4. The highest BCUT2D eigenvalue weighted by molar-refractivity contribution is 6.96. The predicted molar refractivity (Wildman–Crippen MR) is 290 cm³/mol. The highest BCUT2D eigenvalue weighted by Crippen LogP contribution is 2.43. The summed E-state index contributed by atoms with van der Waals surface area (Å²) in [5.74, 6) is 8.79. The average Bonchev–Trinajstić information content (AvgIpc) is 3.21. The second-order valence-electron chi connectivity index (χ2n) is 21.1. The molecule has 0 aliphatic rings. The molecule has 0 saturated heterocycles. The molecule has 63 heavy (non-hydrogen) atoms. The van der Waals surface area contributed by atoms with Crippen LogP contribution in [0.4, 0.5) is 0 Å².